The maximum absolute atomic E-state index is 11.8. The van der Waals surface area contributed by atoms with E-state index in [9.17, 15) is 9.90 Å². The van der Waals surface area contributed by atoms with Crippen LogP contribution in [0.5, 0.6) is 0 Å². The smallest absolute Gasteiger partial charge is 0.203 e. The molecule has 0 bridgehead atoms. The summed E-state index contributed by atoms with van der Waals surface area (Å²) >= 11 is 0. The van der Waals surface area contributed by atoms with Crippen molar-refractivity contribution in [3.8, 4) is 24.3 Å². The van der Waals surface area contributed by atoms with Crippen LogP contribution in [0.15, 0.2) is 11.3 Å². The lowest BCUT2D eigenvalue weighted by atomic mass is 9.67. The van der Waals surface area contributed by atoms with E-state index in [0.717, 1.165) is 0 Å². The molecule has 1 atom stereocenters. The Morgan fingerprint density at radius 3 is 2.06 bits per heavy atom. The van der Waals surface area contributed by atoms with Gasteiger partial charge in [0, 0.05) is 0 Å². The van der Waals surface area contributed by atoms with Gasteiger partial charge in [-0.3, -0.25) is 4.79 Å². The normalized spacial score (nSPS) is 19.0. The number of hydrogen-bond donors (Lipinski definition) is 1. The van der Waals surface area contributed by atoms with Crippen LogP contribution in [0.2, 0.25) is 0 Å². The molecule has 1 aliphatic carbocycles. The summed E-state index contributed by atoms with van der Waals surface area (Å²) in [5.74, 6) is -3.95. The molecule has 18 heavy (non-hydrogen) atoms. The first-order valence-electron chi connectivity index (χ1n) is 5.03. The molecule has 1 aliphatic rings. The van der Waals surface area contributed by atoms with Gasteiger partial charge in [0.1, 0.15) is 0 Å². The van der Waals surface area contributed by atoms with E-state index >= 15 is 0 Å². The first kappa shape index (κ1) is 13.2. The number of aliphatic hydroxyl groups is 1. The number of nitriles is 4. The highest BCUT2D eigenvalue weighted by Crippen LogP contribution is 2.43. The lowest BCUT2D eigenvalue weighted by Gasteiger charge is -2.24. The maximum atomic E-state index is 11.8. The van der Waals surface area contributed by atoms with E-state index in [4.69, 9.17) is 21.0 Å². The zero-order valence-corrected chi connectivity index (χ0v) is 9.51. The third kappa shape index (κ3) is 1.58. The standard InChI is InChI=1S/C12H8N4O2/c1-7-2-9(11(18)10(7)17)12(5-15,6-16)8(3-13)4-14/h8-9,17H,2H2,1H3. The predicted molar refractivity (Wildman–Crippen MR) is 56.8 cm³/mol. The predicted octanol–water partition coefficient (Wildman–Crippen LogP) is 1.10. The lowest BCUT2D eigenvalue weighted by molar-refractivity contribution is -0.122. The van der Waals surface area contributed by atoms with E-state index in [1.807, 2.05) is 0 Å². The van der Waals surface area contributed by atoms with Crippen LogP contribution < -0.4 is 0 Å². The summed E-state index contributed by atoms with van der Waals surface area (Å²) < 4.78 is 0. The second kappa shape index (κ2) is 4.58. The van der Waals surface area contributed by atoms with E-state index in [1.165, 1.54) is 6.92 Å². The zero-order valence-electron chi connectivity index (χ0n) is 9.51. The van der Waals surface area contributed by atoms with Crippen molar-refractivity contribution in [3.05, 3.63) is 11.3 Å². The molecule has 0 fully saturated rings. The molecule has 88 valence electrons. The molecule has 0 spiro atoms. The SMILES string of the molecule is CC1=C(O)C(=O)C(C(C#N)(C#N)C(C#N)C#N)C1. The van der Waals surface area contributed by atoms with Gasteiger partial charge in [0.15, 0.2) is 17.1 Å². The number of hydrogen-bond acceptors (Lipinski definition) is 6. The van der Waals surface area contributed by atoms with Crippen LogP contribution in [-0.4, -0.2) is 10.9 Å². The van der Waals surface area contributed by atoms with Gasteiger partial charge in [0.2, 0.25) is 5.78 Å². The van der Waals surface area contributed by atoms with Crippen LogP contribution in [0, 0.1) is 62.6 Å². The maximum Gasteiger partial charge on any atom is 0.203 e. The Balaban J connectivity index is 3.34. The molecule has 6 heteroatoms. The van der Waals surface area contributed by atoms with Gasteiger partial charge in [-0.05, 0) is 18.9 Å². The highest BCUT2D eigenvalue weighted by Gasteiger charge is 2.54. The molecule has 6 nitrogen and oxygen atoms in total. The molecule has 1 rings (SSSR count). The number of rotatable bonds is 2. The number of carbonyl (C=O) groups excluding carboxylic acids is 1. The molecule has 0 aromatic heterocycles. The first-order valence-corrected chi connectivity index (χ1v) is 5.03. The quantitative estimate of drug-likeness (QED) is 0.768. The van der Waals surface area contributed by atoms with Gasteiger partial charge >= 0.3 is 0 Å². The average molecular weight is 240 g/mol. The van der Waals surface area contributed by atoms with Gasteiger partial charge < -0.3 is 5.11 Å². The minimum absolute atomic E-state index is 0.00560. The summed E-state index contributed by atoms with van der Waals surface area (Å²) in [7, 11) is 0. The van der Waals surface area contributed by atoms with Crippen LogP contribution in [0.25, 0.3) is 0 Å². The molecular weight excluding hydrogens is 232 g/mol. The highest BCUT2D eigenvalue weighted by molar-refractivity contribution is 5.99. The van der Waals surface area contributed by atoms with E-state index in [0.29, 0.717) is 5.57 Å². The largest absolute Gasteiger partial charge is 0.504 e. The summed E-state index contributed by atoms with van der Waals surface area (Å²) in [6.07, 6.45) is 0.00560. The van der Waals surface area contributed by atoms with Crippen molar-refractivity contribution < 1.29 is 9.90 Å². The number of aliphatic hydroxyl groups excluding tert-OH is 1. The Morgan fingerprint density at radius 2 is 1.78 bits per heavy atom. The van der Waals surface area contributed by atoms with Crippen molar-refractivity contribution in [2.45, 2.75) is 13.3 Å². The fourth-order valence-corrected chi connectivity index (χ4v) is 1.98. The van der Waals surface area contributed by atoms with Crippen molar-refractivity contribution in [1.29, 1.82) is 21.0 Å². The lowest BCUT2D eigenvalue weighted by Crippen LogP contribution is -2.37. The van der Waals surface area contributed by atoms with Crippen molar-refractivity contribution >= 4 is 5.78 Å². The molecular formula is C12H8N4O2. The van der Waals surface area contributed by atoms with Gasteiger partial charge in [0.05, 0.1) is 30.2 Å². The second-order valence-corrected chi connectivity index (χ2v) is 4.03. The Kier molecular flexibility index (Phi) is 3.37. The monoisotopic (exact) mass is 240 g/mol. The van der Waals surface area contributed by atoms with Crippen molar-refractivity contribution in [2.24, 2.45) is 17.3 Å². The van der Waals surface area contributed by atoms with Crippen LogP contribution in [-0.2, 0) is 4.79 Å². The minimum atomic E-state index is -2.05. The fraction of sp³-hybridized carbons (Fsp3) is 0.417. The summed E-state index contributed by atoms with van der Waals surface area (Å²) in [5.41, 5.74) is -1.69. The number of carbonyl (C=O) groups is 1. The number of Topliss-reactive ketones (excluding diaryl/α,β-unsaturated/α-hetero) is 1. The molecule has 0 amide bonds. The molecule has 0 radical (unpaired) electrons. The first-order chi connectivity index (χ1) is 8.48. The topological polar surface area (TPSA) is 132 Å². The van der Waals surface area contributed by atoms with E-state index < -0.39 is 28.8 Å². The molecule has 0 saturated heterocycles. The van der Waals surface area contributed by atoms with E-state index in [-0.39, 0.29) is 6.42 Å². The zero-order chi connectivity index (χ0) is 13.9. The van der Waals surface area contributed by atoms with Gasteiger partial charge in [-0.25, -0.2) is 0 Å². The van der Waals surface area contributed by atoms with Crippen LogP contribution >= 0.6 is 0 Å². The number of ketones is 1. The van der Waals surface area contributed by atoms with Gasteiger partial charge in [-0.15, -0.1) is 0 Å². The molecule has 0 aromatic rings. The second-order valence-electron chi connectivity index (χ2n) is 4.03. The number of allylic oxidation sites excluding steroid dienone is 2. The molecule has 0 aromatic carbocycles. The minimum Gasteiger partial charge on any atom is -0.504 e. The third-order valence-corrected chi connectivity index (χ3v) is 3.10. The van der Waals surface area contributed by atoms with Crippen LogP contribution in [0.1, 0.15) is 13.3 Å². The van der Waals surface area contributed by atoms with Crippen LogP contribution in [0.3, 0.4) is 0 Å². The molecule has 1 N–H and O–H groups in total. The van der Waals surface area contributed by atoms with Crippen molar-refractivity contribution in [3.63, 3.8) is 0 Å². The summed E-state index contributed by atoms with van der Waals surface area (Å²) in [6.45, 7) is 1.50. The van der Waals surface area contributed by atoms with Gasteiger partial charge in [-0.1, -0.05) is 0 Å². The van der Waals surface area contributed by atoms with Crippen LogP contribution in [0.4, 0.5) is 0 Å². The van der Waals surface area contributed by atoms with E-state index in [1.54, 1.807) is 24.3 Å². The number of nitrogens with zero attached hydrogens (tertiary/aromatic N) is 4. The van der Waals surface area contributed by atoms with Gasteiger partial charge in [-0.2, -0.15) is 21.0 Å². The Hall–Kier alpha value is -2.83. The Morgan fingerprint density at radius 1 is 1.28 bits per heavy atom. The Bertz CT molecular complexity index is 564. The van der Waals surface area contributed by atoms with Gasteiger partial charge in [0.25, 0.3) is 0 Å². The summed E-state index contributed by atoms with van der Waals surface area (Å²) in [4.78, 5) is 11.8. The highest BCUT2D eigenvalue weighted by atomic mass is 16.3. The molecule has 0 aliphatic heterocycles. The molecule has 0 heterocycles. The molecule has 1 unspecified atom stereocenters. The Labute approximate surface area is 104 Å². The summed E-state index contributed by atoms with van der Waals surface area (Å²) in [6, 6.07) is 6.36. The summed E-state index contributed by atoms with van der Waals surface area (Å²) in [5, 5.41) is 45.4. The third-order valence-electron chi connectivity index (χ3n) is 3.10. The average Bonchev–Trinajstić information content (AvgIpc) is 2.64. The van der Waals surface area contributed by atoms with Crippen molar-refractivity contribution in [2.75, 3.05) is 0 Å². The van der Waals surface area contributed by atoms with Crippen molar-refractivity contribution in [1.82, 2.24) is 0 Å². The fourth-order valence-electron chi connectivity index (χ4n) is 1.98. The molecule has 0 saturated carbocycles. The van der Waals surface area contributed by atoms with E-state index in [2.05, 4.69) is 0 Å².